The highest BCUT2D eigenvalue weighted by atomic mass is 16.4. The number of anilines is 1. The van der Waals surface area contributed by atoms with E-state index in [0.29, 0.717) is 5.69 Å². The van der Waals surface area contributed by atoms with Crippen LogP contribution in [0.5, 0.6) is 0 Å². The average Bonchev–Trinajstić information content (AvgIpc) is 2.45. The van der Waals surface area contributed by atoms with Gasteiger partial charge in [-0.15, -0.1) is 0 Å². The van der Waals surface area contributed by atoms with E-state index >= 15 is 0 Å². The van der Waals surface area contributed by atoms with Crippen LogP contribution in [-0.4, -0.2) is 62.8 Å². The number of hydrazone groups is 1. The molecule has 6 N–H and O–H groups in total. The lowest BCUT2D eigenvalue weighted by atomic mass is 10.0. The second-order valence-corrected chi connectivity index (χ2v) is 3.98. The molecule has 0 spiro atoms. The molecule has 1 rings (SSSR count). The van der Waals surface area contributed by atoms with Crippen LogP contribution in [0.1, 0.15) is 0 Å². The Labute approximate surface area is 110 Å². The van der Waals surface area contributed by atoms with Crippen LogP contribution >= 0.6 is 0 Å². The van der Waals surface area contributed by atoms with E-state index < -0.39 is 31.0 Å². The molecule has 7 nitrogen and oxygen atoms in total. The molecule has 0 saturated carbocycles. The monoisotopic (exact) mass is 270 g/mol. The summed E-state index contributed by atoms with van der Waals surface area (Å²) in [5.74, 6) is 0. The predicted molar refractivity (Wildman–Crippen MR) is 69.7 cm³/mol. The number of aliphatic hydroxyl groups excluding tert-OH is 5. The minimum absolute atomic E-state index is 0.691. The molecule has 1 aromatic rings. The van der Waals surface area contributed by atoms with E-state index in [-0.39, 0.29) is 0 Å². The molecule has 0 heterocycles. The van der Waals surface area contributed by atoms with Crippen molar-refractivity contribution in [3.63, 3.8) is 0 Å². The zero-order chi connectivity index (χ0) is 14.3. The summed E-state index contributed by atoms with van der Waals surface area (Å²) in [5, 5.41) is 49.8. The van der Waals surface area contributed by atoms with Gasteiger partial charge in [0.25, 0.3) is 0 Å². The van der Waals surface area contributed by atoms with Gasteiger partial charge in [0.05, 0.1) is 18.5 Å². The molecule has 0 aliphatic carbocycles. The molecule has 0 fully saturated rings. The smallest absolute Gasteiger partial charge is 0.119 e. The molecule has 7 heteroatoms. The van der Waals surface area contributed by atoms with Crippen LogP contribution in [0.15, 0.2) is 35.4 Å². The second-order valence-electron chi connectivity index (χ2n) is 3.98. The van der Waals surface area contributed by atoms with Gasteiger partial charge in [0.2, 0.25) is 0 Å². The van der Waals surface area contributed by atoms with Crippen molar-refractivity contribution < 1.29 is 25.5 Å². The van der Waals surface area contributed by atoms with Crippen LogP contribution < -0.4 is 5.43 Å². The standard InChI is InChI=1S/C12H18N2O5/c15-7-10(17)12(19)11(18)9(16)6-13-14-8-4-2-1-3-5-8/h1-6,9-12,14-19H,7H2/t9-,10-,11+,12-/m0/s1. The van der Waals surface area contributed by atoms with Gasteiger partial charge in [-0.2, -0.15) is 5.10 Å². The van der Waals surface area contributed by atoms with Gasteiger partial charge in [0, 0.05) is 0 Å². The molecular weight excluding hydrogens is 252 g/mol. The molecule has 0 bridgehead atoms. The molecule has 0 aliphatic heterocycles. The molecule has 0 amide bonds. The zero-order valence-corrected chi connectivity index (χ0v) is 10.2. The van der Waals surface area contributed by atoms with Gasteiger partial charge in [-0.1, -0.05) is 18.2 Å². The molecule has 1 aromatic carbocycles. The number of nitrogens with zero attached hydrogens (tertiary/aromatic N) is 1. The van der Waals surface area contributed by atoms with E-state index in [4.69, 9.17) is 10.2 Å². The first-order valence-corrected chi connectivity index (χ1v) is 5.73. The highest BCUT2D eigenvalue weighted by Crippen LogP contribution is 2.06. The van der Waals surface area contributed by atoms with Crippen LogP contribution in [0.25, 0.3) is 0 Å². The lowest BCUT2D eigenvalue weighted by Gasteiger charge is -2.23. The molecule has 4 atom stereocenters. The number of hydrogen-bond donors (Lipinski definition) is 6. The van der Waals surface area contributed by atoms with Gasteiger partial charge in [-0.3, -0.25) is 5.43 Å². The van der Waals surface area contributed by atoms with E-state index in [2.05, 4.69) is 10.5 Å². The third-order valence-corrected chi connectivity index (χ3v) is 2.48. The van der Waals surface area contributed by atoms with E-state index in [1.165, 1.54) is 0 Å². The minimum Gasteiger partial charge on any atom is -0.394 e. The topological polar surface area (TPSA) is 126 Å². The van der Waals surface area contributed by atoms with Crippen molar-refractivity contribution in [1.82, 2.24) is 0 Å². The SMILES string of the molecule is OC[C@H](O)[C@H](O)[C@H](O)[C@@H](O)C=NNc1ccccc1. The van der Waals surface area contributed by atoms with Gasteiger partial charge >= 0.3 is 0 Å². The highest BCUT2D eigenvalue weighted by molar-refractivity contribution is 5.65. The largest absolute Gasteiger partial charge is 0.394 e. The minimum atomic E-state index is -1.66. The van der Waals surface area contributed by atoms with Crippen molar-refractivity contribution in [3.05, 3.63) is 30.3 Å². The van der Waals surface area contributed by atoms with E-state index in [1.54, 1.807) is 24.3 Å². The lowest BCUT2D eigenvalue weighted by molar-refractivity contribution is -0.0999. The lowest BCUT2D eigenvalue weighted by Crippen LogP contribution is -2.46. The third-order valence-electron chi connectivity index (χ3n) is 2.48. The van der Waals surface area contributed by atoms with Gasteiger partial charge in [0.1, 0.15) is 24.4 Å². The Morgan fingerprint density at radius 3 is 2.26 bits per heavy atom. The fourth-order valence-electron chi connectivity index (χ4n) is 1.33. The highest BCUT2D eigenvalue weighted by Gasteiger charge is 2.29. The van der Waals surface area contributed by atoms with Crippen molar-refractivity contribution in [1.29, 1.82) is 0 Å². The Hall–Kier alpha value is -1.51. The molecule has 0 radical (unpaired) electrons. The number of benzene rings is 1. The Bertz CT molecular complexity index is 387. The summed E-state index contributed by atoms with van der Waals surface area (Å²) in [6.07, 6.45) is -5.33. The van der Waals surface area contributed by atoms with Crippen molar-refractivity contribution >= 4 is 11.9 Å². The van der Waals surface area contributed by atoms with Crippen LogP contribution in [0.4, 0.5) is 5.69 Å². The fraction of sp³-hybridized carbons (Fsp3) is 0.417. The maximum Gasteiger partial charge on any atom is 0.119 e. The number of hydrogen-bond acceptors (Lipinski definition) is 7. The molecule has 106 valence electrons. The van der Waals surface area contributed by atoms with Crippen LogP contribution in [0.2, 0.25) is 0 Å². The van der Waals surface area contributed by atoms with E-state index in [1.807, 2.05) is 6.07 Å². The fourth-order valence-corrected chi connectivity index (χ4v) is 1.33. The summed E-state index contributed by atoms with van der Waals surface area (Å²) in [7, 11) is 0. The van der Waals surface area contributed by atoms with Gasteiger partial charge in [0.15, 0.2) is 0 Å². The van der Waals surface area contributed by atoms with Crippen LogP contribution in [0.3, 0.4) is 0 Å². The summed E-state index contributed by atoms with van der Waals surface area (Å²) >= 11 is 0. The summed E-state index contributed by atoms with van der Waals surface area (Å²) in [5.41, 5.74) is 3.31. The summed E-state index contributed by atoms with van der Waals surface area (Å²) in [6.45, 7) is -0.718. The third kappa shape index (κ3) is 4.93. The maximum absolute atomic E-state index is 9.52. The van der Waals surface area contributed by atoms with Crippen molar-refractivity contribution in [3.8, 4) is 0 Å². The van der Waals surface area contributed by atoms with E-state index in [0.717, 1.165) is 6.21 Å². The summed E-state index contributed by atoms with van der Waals surface area (Å²) in [4.78, 5) is 0. The zero-order valence-electron chi connectivity index (χ0n) is 10.2. The number of para-hydroxylation sites is 1. The van der Waals surface area contributed by atoms with E-state index in [9.17, 15) is 15.3 Å². The van der Waals surface area contributed by atoms with Gasteiger partial charge < -0.3 is 25.5 Å². The maximum atomic E-state index is 9.52. The predicted octanol–water partition coefficient (Wildman–Crippen LogP) is -1.48. The first kappa shape index (κ1) is 15.5. The average molecular weight is 270 g/mol. The quantitative estimate of drug-likeness (QED) is 0.265. The molecule has 0 aromatic heterocycles. The van der Waals surface area contributed by atoms with Gasteiger partial charge in [-0.05, 0) is 12.1 Å². The molecule has 0 unspecified atom stereocenters. The summed E-state index contributed by atoms with van der Waals surface area (Å²) < 4.78 is 0. The molecule has 19 heavy (non-hydrogen) atoms. The Balaban J connectivity index is 2.47. The van der Waals surface area contributed by atoms with Crippen LogP contribution in [-0.2, 0) is 0 Å². The Kier molecular flexibility index (Phi) is 6.40. The Morgan fingerprint density at radius 1 is 1.05 bits per heavy atom. The van der Waals surface area contributed by atoms with Crippen LogP contribution in [0, 0.1) is 0 Å². The number of nitrogens with one attached hydrogen (secondary N) is 1. The number of aliphatic hydroxyl groups is 5. The summed E-state index contributed by atoms with van der Waals surface area (Å²) in [6, 6.07) is 8.93. The first-order valence-electron chi connectivity index (χ1n) is 5.73. The number of rotatable bonds is 7. The second kappa shape index (κ2) is 7.82. The van der Waals surface area contributed by atoms with Crippen molar-refractivity contribution in [2.45, 2.75) is 24.4 Å². The van der Waals surface area contributed by atoms with Crippen molar-refractivity contribution in [2.24, 2.45) is 5.10 Å². The molecule has 0 saturated heterocycles. The molecule has 0 aliphatic rings. The first-order chi connectivity index (χ1) is 9.06. The van der Waals surface area contributed by atoms with Crippen molar-refractivity contribution in [2.75, 3.05) is 12.0 Å². The Morgan fingerprint density at radius 2 is 1.68 bits per heavy atom. The van der Waals surface area contributed by atoms with Gasteiger partial charge in [-0.25, -0.2) is 0 Å². The molecular formula is C12H18N2O5. The normalized spacial score (nSPS) is 17.9.